The Morgan fingerprint density at radius 3 is 2.60 bits per heavy atom. The highest BCUT2D eigenvalue weighted by Gasteiger charge is 2.34. The van der Waals surface area contributed by atoms with Crippen LogP contribution in [0.15, 0.2) is 22.7 Å². The van der Waals surface area contributed by atoms with Crippen molar-refractivity contribution in [1.29, 1.82) is 0 Å². The Labute approximate surface area is 131 Å². The van der Waals surface area contributed by atoms with Crippen LogP contribution in [0.5, 0.6) is 0 Å². The lowest BCUT2D eigenvalue weighted by Gasteiger charge is -2.48. The number of rotatable bonds is 3. The van der Waals surface area contributed by atoms with E-state index in [0.29, 0.717) is 12.6 Å². The number of likely N-dealkylation sites (N-methyl/N-ethyl adjacent to an activating group) is 1. The van der Waals surface area contributed by atoms with Gasteiger partial charge in [0, 0.05) is 42.2 Å². The number of nitrogens with two attached hydrogens (primary N) is 1. The zero-order valence-corrected chi connectivity index (χ0v) is 14.6. The van der Waals surface area contributed by atoms with Crippen LogP contribution in [0.25, 0.3) is 0 Å². The normalized spacial score (nSPS) is 21.9. The van der Waals surface area contributed by atoms with E-state index in [1.54, 1.807) is 0 Å². The maximum atomic E-state index is 6.08. The summed E-state index contributed by atoms with van der Waals surface area (Å²) < 4.78 is 1.16. The summed E-state index contributed by atoms with van der Waals surface area (Å²) in [7, 11) is 2.21. The summed E-state index contributed by atoms with van der Waals surface area (Å²) in [5.74, 6) is 0. The van der Waals surface area contributed by atoms with Gasteiger partial charge in [-0.1, -0.05) is 28.1 Å². The van der Waals surface area contributed by atoms with Gasteiger partial charge in [0.05, 0.1) is 0 Å². The van der Waals surface area contributed by atoms with E-state index >= 15 is 0 Å². The molecule has 2 N–H and O–H groups in total. The number of halogens is 1. The molecule has 0 bridgehead atoms. The van der Waals surface area contributed by atoms with Gasteiger partial charge in [0.15, 0.2) is 0 Å². The molecule has 1 unspecified atom stereocenters. The summed E-state index contributed by atoms with van der Waals surface area (Å²) >= 11 is 3.57. The Balaban J connectivity index is 2.22. The minimum absolute atomic E-state index is 0.204. The van der Waals surface area contributed by atoms with Crippen molar-refractivity contribution in [3.8, 4) is 0 Å². The maximum Gasteiger partial charge on any atom is 0.0471 e. The third kappa shape index (κ3) is 3.25. The van der Waals surface area contributed by atoms with Crippen LogP contribution in [-0.4, -0.2) is 48.6 Å². The van der Waals surface area contributed by atoms with Crippen LogP contribution in [-0.2, 0) is 0 Å². The van der Waals surface area contributed by atoms with E-state index in [0.717, 1.165) is 24.1 Å². The molecule has 20 heavy (non-hydrogen) atoms. The predicted molar refractivity (Wildman–Crippen MR) is 89.0 cm³/mol. The third-order valence-electron chi connectivity index (χ3n) is 4.58. The fraction of sp³-hybridized carbons (Fsp3) is 0.625. The van der Waals surface area contributed by atoms with Gasteiger partial charge in [-0.3, -0.25) is 9.80 Å². The lowest BCUT2D eigenvalue weighted by molar-refractivity contribution is 0.0180. The summed E-state index contributed by atoms with van der Waals surface area (Å²) in [5.41, 5.74) is 8.88. The highest BCUT2D eigenvalue weighted by molar-refractivity contribution is 9.10. The van der Waals surface area contributed by atoms with Gasteiger partial charge in [0.1, 0.15) is 0 Å². The van der Waals surface area contributed by atoms with Gasteiger partial charge in [-0.2, -0.15) is 0 Å². The molecule has 1 saturated heterocycles. The maximum absolute atomic E-state index is 6.08. The zero-order valence-electron chi connectivity index (χ0n) is 13.0. The molecule has 0 saturated carbocycles. The Morgan fingerprint density at radius 2 is 2.05 bits per heavy atom. The van der Waals surface area contributed by atoms with Gasteiger partial charge in [0.2, 0.25) is 0 Å². The number of piperazine rings is 1. The molecule has 0 amide bonds. The Morgan fingerprint density at radius 1 is 1.35 bits per heavy atom. The fourth-order valence-corrected chi connectivity index (χ4v) is 3.16. The van der Waals surface area contributed by atoms with E-state index in [2.05, 4.69) is 71.7 Å². The van der Waals surface area contributed by atoms with Gasteiger partial charge in [-0.25, -0.2) is 0 Å². The second-order valence-corrected chi connectivity index (χ2v) is 7.32. The van der Waals surface area contributed by atoms with E-state index < -0.39 is 0 Å². The van der Waals surface area contributed by atoms with Crippen molar-refractivity contribution in [2.24, 2.45) is 5.73 Å². The minimum atomic E-state index is 0.204. The number of hydrogen-bond donors (Lipinski definition) is 1. The van der Waals surface area contributed by atoms with Crippen LogP contribution < -0.4 is 5.73 Å². The fourth-order valence-electron chi connectivity index (χ4n) is 2.92. The van der Waals surface area contributed by atoms with Crippen LogP contribution in [0, 0.1) is 6.92 Å². The van der Waals surface area contributed by atoms with Gasteiger partial charge in [0.25, 0.3) is 0 Å². The molecule has 112 valence electrons. The van der Waals surface area contributed by atoms with E-state index in [9.17, 15) is 0 Å². The quantitative estimate of drug-likeness (QED) is 0.918. The van der Waals surface area contributed by atoms with Crippen molar-refractivity contribution in [2.45, 2.75) is 32.4 Å². The minimum Gasteiger partial charge on any atom is -0.329 e. The molecule has 1 heterocycles. The molecule has 1 aromatic carbocycles. The summed E-state index contributed by atoms with van der Waals surface area (Å²) in [6, 6.07) is 6.90. The summed E-state index contributed by atoms with van der Waals surface area (Å²) in [6.45, 7) is 10.6. The van der Waals surface area contributed by atoms with Gasteiger partial charge < -0.3 is 5.73 Å². The summed E-state index contributed by atoms with van der Waals surface area (Å²) in [4.78, 5) is 4.96. The van der Waals surface area contributed by atoms with Gasteiger partial charge in [-0.05, 0) is 45.0 Å². The molecule has 1 aliphatic rings. The first-order valence-corrected chi connectivity index (χ1v) is 8.06. The van der Waals surface area contributed by atoms with E-state index in [4.69, 9.17) is 5.73 Å². The lowest BCUT2D eigenvalue weighted by Crippen LogP contribution is -2.58. The highest BCUT2D eigenvalue weighted by Crippen LogP contribution is 2.29. The van der Waals surface area contributed by atoms with Crippen LogP contribution in [0.4, 0.5) is 0 Å². The molecule has 2 rings (SSSR count). The monoisotopic (exact) mass is 339 g/mol. The first-order valence-electron chi connectivity index (χ1n) is 7.26. The predicted octanol–water partition coefficient (Wildman–Crippen LogP) is 2.78. The topological polar surface area (TPSA) is 32.5 Å². The van der Waals surface area contributed by atoms with Crippen LogP contribution >= 0.6 is 15.9 Å². The van der Waals surface area contributed by atoms with E-state index in [1.807, 2.05) is 0 Å². The molecular formula is C16H26BrN3. The molecule has 4 heteroatoms. The van der Waals surface area contributed by atoms with Crippen molar-refractivity contribution in [3.63, 3.8) is 0 Å². The molecule has 1 atom stereocenters. The number of nitrogens with zero attached hydrogens (tertiary/aromatic N) is 2. The highest BCUT2D eigenvalue weighted by atomic mass is 79.9. The number of aryl methyl sites for hydroxylation is 1. The Kier molecular flexibility index (Phi) is 4.90. The smallest absolute Gasteiger partial charge is 0.0471 e. The molecule has 3 nitrogen and oxygen atoms in total. The van der Waals surface area contributed by atoms with Crippen molar-refractivity contribution in [3.05, 3.63) is 33.8 Å². The zero-order chi connectivity index (χ0) is 14.9. The van der Waals surface area contributed by atoms with Crippen molar-refractivity contribution < 1.29 is 0 Å². The lowest BCUT2D eigenvalue weighted by atomic mass is 9.95. The van der Waals surface area contributed by atoms with Crippen LogP contribution in [0.2, 0.25) is 0 Å². The second-order valence-electron chi connectivity index (χ2n) is 6.46. The average molecular weight is 340 g/mol. The van der Waals surface area contributed by atoms with Crippen molar-refractivity contribution >= 4 is 15.9 Å². The SMILES string of the molecule is Cc1cc(C(CN)N2CCN(C)C(C)(C)C2)ccc1Br. The molecule has 0 spiro atoms. The molecule has 0 radical (unpaired) electrons. The molecule has 1 aromatic rings. The summed E-state index contributed by atoms with van der Waals surface area (Å²) in [6.07, 6.45) is 0. The molecule has 1 aliphatic heterocycles. The summed E-state index contributed by atoms with van der Waals surface area (Å²) in [5, 5.41) is 0. The van der Waals surface area contributed by atoms with Crippen LogP contribution in [0.3, 0.4) is 0 Å². The van der Waals surface area contributed by atoms with Gasteiger partial charge in [-0.15, -0.1) is 0 Å². The first kappa shape index (κ1) is 16.0. The van der Waals surface area contributed by atoms with E-state index in [-0.39, 0.29) is 5.54 Å². The number of hydrogen-bond acceptors (Lipinski definition) is 3. The number of benzene rings is 1. The Bertz CT molecular complexity index is 473. The molecular weight excluding hydrogens is 314 g/mol. The first-order chi connectivity index (χ1) is 9.35. The molecule has 0 aliphatic carbocycles. The van der Waals surface area contributed by atoms with Crippen molar-refractivity contribution in [1.82, 2.24) is 9.80 Å². The largest absolute Gasteiger partial charge is 0.329 e. The third-order valence-corrected chi connectivity index (χ3v) is 5.47. The standard InChI is InChI=1S/C16H26BrN3/c1-12-9-13(5-6-14(12)17)15(10-18)20-8-7-19(4)16(2,3)11-20/h5-6,9,15H,7-8,10-11,18H2,1-4H3. The molecule has 1 fully saturated rings. The van der Waals surface area contributed by atoms with Gasteiger partial charge >= 0.3 is 0 Å². The van der Waals surface area contributed by atoms with Crippen LogP contribution in [0.1, 0.15) is 31.0 Å². The van der Waals surface area contributed by atoms with Crippen molar-refractivity contribution in [2.75, 3.05) is 33.2 Å². The molecule has 0 aromatic heterocycles. The van der Waals surface area contributed by atoms with E-state index in [1.165, 1.54) is 11.1 Å². The average Bonchev–Trinajstić information content (AvgIpc) is 2.38. The Hall–Kier alpha value is -0.420. The second kappa shape index (κ2) is 6.14.